The van der Waals surface area contributed by atoms with Gasteiger partial charge in [0.05, 0.1) is 5.92 Å². The smallest absolute Gasteiger partial charge is 0.453 e. The number of amides is 1. The number of carbonyl (C=O) groups excluding carboxylic acids is 2. The van der Waals surface area contributed by atoms with Crippen molar-refractivity contribution in [3.05, 3.63) is 48.3 Å². The third kappa shape index (κ3) is 4.79. The van der Waals surface area contributed by atoms with Crippen molar-refractivity contribution in [3.8, 4) is 0 Å². The second kappa shape index (κ2) is 8.81. The zero-order chi connectivity index (χ0) is 22.7. The van der Waals surface area contributed by atoms with Crippen molar-refractivity contribution >= 4 is 29.0 Å². The molecule has 9 nitrogen and oxygen atoms in total. The standard InChI is InChI=1S/C20H19F3N6O3/c21-20(22,23)19-26-25-15-6-7-16(27-29(15)19)28-10-8-13(9-11-28)18(31)32-12-17(30)24-14-4-2-1-3-5-14/h1-7,13H,8-12H2,(H,24,30). The summed E-state index contributed by atoms with van der Waals surface area (Å²) in [6.45, 7) is 0.413. The first kappa shape index (κ1) is 21.5. The number of hydrogen-bond acceptors (Lipinski definition) is 7. The molecule has 168 valence electrons. The van der Waals surface area contributed by atoms with Crippen molar-refractivity contribution in [2.75, 3.05) is 29.9 Å². The molecule has 0 unspecified atom stereocenters. The molecule has 1 fully saturated rings. The number of rotatable bonds is 5. The lowest BCUT2D eigenvalue weighted by atomic mass is 9.97. The molecule has 0 radical (unpaired) electrons. The predicted molar refractivity (Wildman–Crippen MR) is 107 cm³/mol. The van der Waals surface area contributed by atoms with E-state index in [9.17, 15) is 22.8 Å². The first-order valence-electron chi connectivity index (χ1n) is 9.87. The fourth-order valence-electron chi connectivity index (χ4n) is 3.44. The van der Waals surface area contributed by atoms with Crippen molar-refractivity contribution in [2.45, 2.75) is 19.0 Å². The van der Waals surface area contributed by atoms with Gasteiger partial charge in [-0.2, -0.15) is 17.7 Å². The van der Waals surface area contributed by atoms with E-state index in [2.05, 4.69) is 20.6 Å². The monoisotopic (exact) mass is 448 g/mol. The SMILES string of the molecule is O=C(COC(=O)C1CCN(c2ccc3nnc(C(F)(F)F)n3n2)CC1)Nc1ccccc1. The van der Waals surface area contributed by atoms with Gasteiger partial charge < -0.3 is 15.0 Å². The van der Waals surface area contributed by atoms with Crippen LogP contribution < -0.4 is 10.2 Å². The minimum atomic E-state index is -4.67. The van der Waals surface area contributed by atoms with Gasteiger partial charge in [0.2, 0.25) is 0 Å². The number of ether oxygens (including phenoxy) is 1. The quantitative estimate of drug-likeness (QED) is 0.599. The third-order valence-electron chi connectivity index (χ3n) is 5.06. The highest BCUT2D eigenvalue weighted by atomic mass is 19.4. The summed E-state index contributed by atoms with van der Waals surface area (Å²) in [5.74, 6) is -2.18. The van der Waals surface area contributed by atoms with Crippen LogP contribution in [-0.4, -0.2) is 51.4 Å². The van der Waals surface area contributed by atoms with Crippen LogP contribution in [0.2, 0.25) is 0 Å². The van der Waals surface area contributed by atoms with Crippen LogP contribution >= 0.6 is 0 Å². The Morgan fingerprint density at radius 1 is 1.06 bits per heavy atom. The van der Waals surface area contributed by atoms with Gasteiger partial charge in [-0.1, -0.05) is 18.2 Å². The van der Waals surface area contributed by atoms with Crippen molar-refractivity contribution in [1.82, 2.24) is 19.8 Å². The van der Waals surface area contributed by atoms with Gasteiger partial charge in [0.25, 0.3) is 11.7 Å². The van der Waals surface area contributed by atoms with E-state index >= 15 is 0 Å². The van der Waals surface area contributed by atoms with Gasteiger partial charge in [-0.05, 0) is 37.1 Å². The summed E-state index contributed by atoms with van der Waals surface area (Å²) in [7, 11) is 0. The number of benzene rings is 1. The molecule has 12 heteroatoms. The van der Waals surface area contributed by atoms with E-state index in [0.29, 0.717) is 42.0 Å². The van der Waals surface area contributed by atoms with Crippen LogP contribution in [0.15, 0.2) is 42.5 Å². The summed E-state index contributed by atoms with van der Waals surface area (Å²) in [5, 5.41) is 13.3. The summed E-state index contributed by atoms with van der Waals surface area (Å²) < 4.78 is 45.0. The van der Waals surface area contributed by atoms with E-state index in [4.69, 9.17) is 4.74 Å². The zero-order valence-corrected chi connectivity index (χ0v) is 16.7. The third-order valence-corrected chi connectivity index (χ3v) is 5.06. The Labute approximate surface area is 180 Å². The number of para-hydroxylation sites is 1. The highest BCUT2D eigenvalue weighted by molar-refractivity contribution is 5.92. The summed E-state index contributed by atoms with van der Waals surface area (Å²) in [6.07, 6.45) is -3.82. The molecule has 0 aliphatic carbocycles. The Balaban J connectivity index is 1.31. The summed E-state index contributed by atoms with van der Waals surface area (Å²) >= 11 is 0. The number of anilines is 2. The normalized spacial score (nSPS) is 15.0. The maximum atomic E-state index is 13.1. The molecule has 1 N–H and O–H groups in total. The first-order valence-corrected chi connectivity index (χ1v) is 9.87. The number of aromatic nitrogens is 4. The average molecular weight is 448 g/mol. The van der Waals surface area contributed by atoms with E-state index in [0.717, 1.165) is 0 Å². The van der Waals surface area contributed by atoms with Gasteiger partial charge in [0.15, 0.2) is 12.3 Å². The van der Waals surface area contributed by atoms with Crippen LogP contribution in [0, 0.1) is 5.92 Å². The summed E-state index contributed by atoms with van der Waals surface area (Å²) in [4.78, 5) is 26.0. The van der Waals surface area contributed by atoms with E-state index < -0.39 is 29.8 Å². The van der Waals surface area contributed by atoms with Crippen LogP contribution in [0.5, 0.6) is 0 Å². The number of hydrogen-bond donors (Lipinski definition) is 1. The van der Waals surface area contributed by atoms with Crippen molar-refractivity contribution in [1.29, 1.82) is 0 Å². The topological polar surface area (TPSA) is 102 Å². The lowest BCUT2D eigenvalue weighted by Gasteiger charge is -2.31. The van der Waals surface area contributed by atoms with E-state index in [1.807, 2.05) is 6.07 Å². The van der Waals surface area contributed by atoms with Crippen LogP contribution in [-0.2, 0) is 20.5 Å². The first-order chi connectivity index (χ1) is 15.3. The molecule has 32 heavy (non-hydrogen) atoms. The molecule has 2 aromatic heterocycles. The molecular weight excluding hydrogens is 429 g/mol. The average Bonchev–Trinajstić information content (AvgIpc) is 3.22. The molecule has 3 aromatic rings. The second-order valence-electron chi connectivity index (χ2n) is 7.27. The number of alkyl halides is 3. The second-order valence-corrected chi connectivity index (χ2v) is 7.27. The van der Waals surface area contributed by atoms with Gasteiger partial charge in [-0.3, -0.25) is 9.59 Å². The molecule has 0 spiro atoms. The number of piperidine rings is 1. The molecule has 3 heterocycles. The molecule has 1 saturated heterocycles. The molecule has 0 atom stereocenters. The van der Waals surface area contributed by atoms with Gasteiger partial charge in [-0.25, -0.2) is 0 Å². The van der Waals surface area contributed by atoms with Gasteiger partial charge >= 0.3 is 12.1 Å². The van der Waals surface area contributed by atoms with E-state index in [1.54, 1.807) is 35.2 Å². The Bertz CT molecular complexity index is 1110. The molecule has 4 rings (SSSR count). The van der Waals surface area contributed by atoms with Crippen LogP contribution in [0.4, 0.5) is 24.7 Å². The molecule has 0 saturated carbocycles. The maximum Gasteiger partial charge on any atom is 0.453 e. The molecule has 1 aliphatic rings. The van der Waals surface area contributed by atoms with Crippen LogP contribution in [0.1, 0.15) is 18.7 Å². The van der Waals surface area contributed by atoms with Gasteiger partial charge in [0, 0.05) is 18.8 Å². The molecule has 1 aliphatic heterocycles. The van der Waals surface area contributed by atoms with Crippen LogP contribution in [0.3, 0.4) is 0 Å². The predicted octanol–water partition coefficient (Wildman–Crippen LogP) is 2.54. The minimum absolute atomic E-state index is 0.00619. The summed E-state index contributed by atoms with van der Waals surface area (Å²) in [6, 6.07) is 11.8. The molecular formula is C20H19F3N6O3. The number of halogens is 3. The Morgan fingerprint density at radius 2 is 1.78 bits per heavy atom. The van der Waals surface area contributed by atoms with Crippen molar-refractivity contribution < 1.29 is 27.5 Å². The largest absolute Gasteiger partial charge is 0.455 e. The lowest BCUT2D eigenvalue weighted by molar-refractivity contribution is -0.152. The number of esters is 1. The van der Waals surface area contributed by atoms with E-state index in [-0.39, 0.29) is 12.3 Å². The lowest BCUT2D eigenvalue weighted by Crippen LogP contribution is -2.38. The van der Waals surface area contributed by atoms with Crippen LogP contribution in [0.25, 0.3) is 5.65 Å². The van der Waals surface area contributed by atoms with Gasteiger partial charge in [-0.15, -0.1) is 15.3 Å². The van der Waals surface area contributed by atoms with Gasteiger partial charge in [0.1, 0.15) is 5.82 Å². The molecule has 1 aromatic carbocycles. The van der Waals surface area contributed by atoms with Crippen molar-refractivity contribution in [3.63, 3.8) is 0 Å². The summed E-state index contributed by atoms with van der Waals surface area (Å²) in [5.41, 5.74) is 0.599. The molecule has 1 amide bonds. The number of carbonyl (C=O) groups is 2. The molecule has 0 bridgehead atoms. The zero-order valence-electron chi connectivity index (χ0n) is 16.7. The minimum Gasteiger partial charge on any atom is -0.455 e. The number of nitrogens with one attached hydrogen (secondary N) is 1. The fraction of sp³-hybridized carbons (Fsp3) is 0.350. The van der Waals surface area contributed by atoms with Crippen molar-refractivity contribution in [2.24, 2.45) is 5.92 Å². The highest BCUT2D eigenvalue weighted by Crippen LogP contribution is 2.28. The Morgan fingerprint density at radius 3 is 2.47 bits per heavy atom. The highest BCUT2D eigenvalue weighted by Gasteiger charge is 2.38. The van der Waals surface area contributed by atoms with E-state index in [1.165, 1.54) is 6.07 Å². The fourth-order valence-corrected chi connectivity index (χ4v) is 3.44. The number of nitrogens with zero attached hydrogens (tertiary/aromatic N) is 5. The maximum absolute atomic E-state index is 13.1. The Hall–Kier alpha value is -3.70. The number of fused-ring (bicyclic) bond motifs is 1. The Kier molecular flexibility index (Phi) is 5.93.